The standard InChI is InChI=1S/C17H12BrN3O2/c18-13-8-4-5-9-14(13)19-17(23)16-15(22)10-11-21(20-16)12-6-2-1-3-7-12/h1-11H,(H,19,23). The molecule has 0 aliphatic rings. The smallest absolute Gasteiger partial charge is 0.280 e. The van der Waals surface area contributed by atoms with E-state index in [0.29, 0.717) is 5.69 Å². The molecule has 0 unspecified atom stereocenters. The van der Waals surface area contributed by atoms with Gasteiger partial charge >= 0.3 is 0 Å². The number of anilines is 1. The van der Waals surface area contributed by atoms with Crippen LogP contribution in [0.2, 0.25) is 0 Å². The van der Waals surface area contributed by atoms with E-state index < -0.39 is 11.3 Å². The number of nitrogens with zero attached hydrogens (tertiary/aromatic N) is 2. The molecule has 3 rings (SSSR count). The van der Waals surface area contributed by atoms with Gasteiger partial charge in [0, 0.05) is 16.7 Å². The molecule has 114 valence electrons. The van der Waals surface area contributed by atoms with Crippen molar-refractivity contribution in [1.82, 2.24) is 9.78 Å². The van der Waals surface area contributed by atoms with Gasteiger partial charge in [-0.1, -0.05) is 30.3 Å². The molecule has 1 heterocycles. The SMILES string of the molecule is O=C(Nc1ccccc1Br)c1nn(-c2ccccc2)ccc1=O. The van der Waals surface area contributed by atoms with E-state index in [1.807, 2.05) is 36.4 Å². The lowest BCUT2D eigenvalue weighted by molar-refractivity contribution is 0.101. The highest BCUT2D eigenvalue weighted by Crippen LogP contribution is 2.21. The molecule has 0 saturated carbocycles. The van der Waals surface area contributed by atoms with Gasteiger partial charge in [0.05, 0.1) is 11.4 Å². The minimum atomic E-state index is -0.549. The molecule has 1 aromatic heterocycles. The zero-order valence-corrected chi connectivity index (χ0v) is 13.5. The zero-order chi connectivity index (χ0) is 16.2. The Balaban J connectivity index is 1.95. The van der Waals surface area contributed by atoms with Gasteiger partial charge in [-0.25, -0.2) is 4.68 Å². The van der Waals surface area contributed by atoms with Crippen LogP contribution in [0.4, 0.5) is 5.69 Å². The van der Waals surface area contributed by atoms with Crippen LogP contribution in [0.5, 0.6) is 0 Å². The van der Waals surface area contributed by atoms with Crippen LogP contribution in [0.1, 0.15) is 10.5 Å². The fourth-order valence-electron chi connectivity index (χ4n) is 2.03. The van der Waals surface area contributed by atoms with Crippen LogP contribution < -0.4 is 10.7 Å². The largest absolute Gasteiger partial charge is 0.319 e. The van der Waals surface area contributed by atoms with E-state index in [-0.39, 0.29) is 5.69 Å². The van der Waals surface area contributed by atoms with Crippen LogP contribution in [0.3, 0.4) is 0 Å². The summed E-state index contributed by atoms with van der Waals surface area (Å²) in [4.78, 5) is 24.3. The first-order valence-corrected chi connectivity index (χ1v) is 7.66. The summed E-state index contributed by atoms with van der Waals surface area (Å²) in [5.41, 5.74) is 0.755. The first kappa shape index (κ1) is 15.2. The van der Waals surface area contributed by atoms with Crippen molar-refractivity contribution in [2.75, 3.05) is 5.32 Å². The molecule has 0 fully saturated rings. The third kappa shape index (κ3) is 3.37. The first-order chi connectivity index (χ1) is 11.1. The molecule has 0 spiro atoms. The van der Waals surface area contributed by atoms with E-state index in [0.717, 1.165) is 10.2 Å². The Morgan fingerprint density at radius 3 is 2.43 bits per heavy atom. The summed E-state index contributed by atoms with van der Waals surface area (Å²) in [6.45, 7) is 0. The number of carbonyl (C=O) groups is 1. The summed E-state index contributed by atoms with van der Waals surface area (Å²) in [5, 5.41) is 6.83. The van der Waals surface area contributed by atoms with Crippen LogP contribution in [0.25, 0.3) is 5.69 Å². The normalized spacial score (nSPS) is 10.3. The second-order valence-corrected chi connectivity index (χ2v) is 5.60. The van der Waals surface area contributed by atoms with Crippen molar-refractivity contribution in [2.45, 2.75) is 0 Å². The van der Waals surface area contributed by atoms with Gasteiger partial charge in [-0.3, -0.25) is 9.59 Å². The molecule has 0 aliphatic heterocycles. The highest BCUT2D eigenvalue weighted by molar-refractivity contribution is 9.10. The highest BCUT2D eigenvalue weighted by Gasteiger charge is 2.14. The van der Waals surface area contributed by atoms with Crippen LogP contribution in [0.15, 0.2) is 76.1 Å². The number of benzene rings is 2. The third-order valence-corrected chi connectivity index (χ3v) is 3.86. The molecule has 23 heavy (non-hydrogen) atoms. The molecule has 0 radical (unpaired) electrons. The van der Waals surface area contributed by atoms with Crippen LogP contribution in [-0.4, -0.2) is 15.7 Å². The van der Waals surface area contributed by atoms with E-state index in [2.05, 4.69) is 26.3 Å². The first-order valence-electron chi connectivity index (χ1n) is 6.86. The van der Waals surface area contributed by atoms with Gasteiger partial charge in [-0.15, -0.1) is 0 Å². The van der Waals surface area contributed by atoms with Crippen molar-refractivity contribution >= 4 is 27.5 Å². The van der Waals surface area contributed by atoms with E-state index in [1.54, 1.807) is 18.2 Å². The van der Waals surface area contributed by atoms with Crippen molar-refractivity contribution < 1.29 is 4.79 Å². The molecular formula is C17H12BrN3O2. The second-order valence-electron chi connectivity index (χ2n) is 4.74. The maximum Gasteiger partial charge on any atom is 0.280 e. The lowest BCUT2D eigenvalue weighted by Crippen LogP contribution is -2.25. The Hall–Kier alpha value is -2.73. The predicted molar refractivity (Wildman–Crippen MR) is 91.9 cm³/mol. The van der Waals surface area contributed by atoms with Gasteiger partial charge in [0.15, 0.2) is 5.69 Å². The Morgan fingerprint density at radius 1 is 1.00 bits per heavy atom. The van der Waals surface area contributed by atoms with Crippen LogP contribution in [0, 0.1) is 0 Å². The monoisotopic (exact) mass is 369 g/mol. The molecule has 0 saturated heterocycles. The van der Waals surface area contributed by atoms with Crippen LogP contribution in [-0.2, 0) is 0 Å². The number of amides is 1. The summed E-state index contributed by atoms with van der Waals surface area (Å²) in [5.74, 6) is -0.549. The van der Waals surface area contributed by atoms with Crippen molar-refractivity contribution in [3.8, 4) is 5.69 Å². The lowest BCUT2D eigenvalue weighted by Gasteiger charge is -2.09. The van der Waals surface area contributed by atoms with E-state index in [9.17, 15) is 9.59 Å². The molecule has 0 atom stereocenters. The van der Waals surface area contributed by atoms with Crippen molar-refractivity contribution in [1.29, 1.82) is 0 Å². The van der Waals surface area contributed by atoms with Gasteiger partial charge in [-0.05, 0) is 40.2 Å². The highest BCUT2D eigenvalue weighted by atomic mass is 79.9. The number of hydrogen-bond donors (Lipinski definition) is 1. The second kappa shape index (κ2) is 6.58. The van der Waals surface area contributed by atoms with E-state index >= 15 is 0 Å². The number of rotatable bonds is 3. The minimum absolute atomic E-state index is 0.160. The maximum absolute atomic E-state index is 12.4. The lowest BCUT2D eigenvalue weighted by atomic mass is 10.3. The number of halogens is 1. The Bertz CT molecular complexity index is 907. The van der Waals surface area contributed by atoms with Gasteiger partial charge in [0.1, 0.15) is 0 Å². The zero-order valence-electron chi connectivity index (χ0n) is 11.9. The number of nitrogens with one attached hydrogen (secondary N) is 1. The Morgan fingerprint density at radius 2 is 1.70 bits per heavy atom. The Labute approximate surface area is 140 Å². The quantitative estimate of drug-likeness (QED) is 0.770. The summed E-state index contributed by atoms with van der Waals surface area (Å²) in [7, 11) is 0. The van der Waals surface area contributed by atoms with Crippen molar-refractivity contribution in [3.05, 3.63) is 87.3 Å². The molecule has 2 aromatic carbocycles. The molecular weight excluding hydrogens is 358 g/mol. The molecule has 3 aromatic rings. The number of carbonyl (C=O) groups excluding carboxylic acids is 1. The maximum atomic E-state index is 12.4. The molecule has 6 heteroatoms. The molecule has 0 aliphatic carbocycles. The van der Waals surface area contributed by atoms with Crippen molar-refractivity contribution in [3.63, 3.8) is 0 Å². The number of aromatic nitrogens is 2. The van der Waals surface area contributed by atoms with Gasteiger partial charge in [0.25, 0.3) is 5.91 Å². The predicted octanol–water partition coefficient (Wildman–Crippen LogP) is 3.25. The summed E-state index contributed by atoms with van der Waals surface area (Å²) in [6, 6.07) is 17.8. The van der Waals surface area contributed by atoms with Gasteiger partial charge < -0.3 is 5.32 Å². The molecule has 1 amide bonds. The molecule has 0 bridgehead atoms. The number of hydrogen-bond acceptors (Lipinski definition) is 3. The average molecular weight is 370 g/mol. The molecule has 5 nitrogen and oxygen atoms in total. The summed E-state index contributed by atoms with van der Waals surface area (Å²) < 4.78 is 2.23. The molecule has 1 N–H and O–H groups in total. The van der Waals surface area contributed by atoms with E-state index in [4.69, 9.17) is 0 Å². The minimum Gasteiger partial charge on any atom is -0.319 e. The number of para-hydroxylation sites is 2. The Kier molecular flexibility index (Phi) is 4.34. The van der Waals surface area contributed by atoms with Crippen molar-refractivity contribution in [2.24, 2.45) is 0 Å². The van der Waals surface area contributed by atoms with Gasteiger partial charge in [0.2, 0.25) is 5.43 Å². The topological polar surface area (TPSA) is 64.0 Å². The third-order valence-electron chi connectivity index (χ3n) is 3.17. The average Bonchev–Trinajstić information content (AvgIpc) is 2.58. The van der Waals surface area contributed by atoms with Crippen LogP contribution >= 0.6 is 15.9 Å². The van der Waals surface area contributed by atoms with E-state index in [1.165, 1.54) is 16.9 Å². The summed E-state index contributed by atoms with van der Waals surface area (Å²) >= 11 is 3.35. The summed E-state index contributed by atoms with van der Waals surface area (Å²) in [6.07, 6.45) is 1.53. The fraction of sp³-hybridized carbons (Fsp3) is 0. The fourth-order valence-corrected chi connectivity index (χ4v) is 2.42. The van der Waals surface area contributed by atoms with Gasteiger partial charge in [-0.2, -0.15) is 5.10 Å².